The summed E-state index contributed by atoms with van der Waals surface area (Å²) in [7, 11) is -1.03. The highest BCUT2D eigenvalue weighted by Gasteiger charge is 2.16. The Balaban J connectivity index is 2.08. The van der Waals surface area contributed by atoms with Crippen LogP contribution in [-0.2, 0) is 24.4 Å². The Morgan fingerprint density at radius 2 is 1.77 bits per heavy atom. The van der Waals surface area contributed by atoms with Crippen molar-refractivity contribution < 1.29 is 22.3 Å². The van der Waals surface area contributed by atoms with Crippen molar-refractivity contribution >= 4 is 10.9 Å². The van der Waals surface area contributed by atoms with Crippen molar-refractivity contribution in [3.05, 3.63) is 76.5 Å². The zero-order chi connectivity index (χ0) is 22.4. The first-order valence-corrected chi connectivity index (χ1v) is 10.8. The maximum Gasteiger partial charge on any atom is 0.254 e. The Morgan fingerprint density at radius 1 is 1.03 bits per heavy atom. The number of hydrogen-bond donors (Lipinski definition) is 2. The lowest BCUT2D eigenvalue weighted by molar-refractivity contribution is 0.340. The molecule has 0 aliphatic rings. The summed E-state index contributed by atoms with van der Waals surface area (Å²) in [6.45, 7) is 2.44. The molecule has 0 aliphatic carbocycles. The van der Waals surface area contributed by atoms with Crippen LogP contribution in [0.15, 0.2) is 59.5 Å². The second kappa shape index (κ2) is 10.2. The van der Waals surface area contributed by atoms with Gasteiger partial charge in [-0.25, -0.2) is 17.5 Å². The van der Waals surface area contributed by atoms with Crippen LogP contribution in [0, 0.1) is 5.82 Å². The molecule has 0 saturated carbocycles. The molecule has 1 aromatic heterocycles. The number of benzene rings is 2. The molecular formula is C22H23FN2O5S. The van der Waals surface area contributed by atoms with Gasteiger partial charge in [-0.3, -0.25) is 4.79 Å². The van der Waals surface area contributed by atoms with Crippen molar-refractivity contribution in [2.24, 2.45) is 7.05 Å². The summed E-state index contributed by atoms with van der Waals surface area (Å²) >= 11 is 0. The number of nitrogens with zero attached hydrogens (tertiary/aromatic N) is 1. The predicted molar refractivity (Wildman–Crippen MR) is 117 cm³/mol. The van der Waals surface area contributed by atoms with E-state index in [1.54, 1.807) is 19.3 Å². The van der Waals surface area contributed by atoms with Gasteiger partial charge in [-0.1, -0.05) is 6.07 Å². The van der Waals surface area contributed by atoms with E-state index in [9.17, 15) is 17.6 Å². The summed E-state index contributed by atoms with van der Waals surface area (Å²) in [5, 5.41) is 0. The lowest BCUT2D eigenvalue weighted by atomic mass is 10.0. The summed E-state index contributed by atoms with van der Waals surface area (Å²) in [5.41, 5.74) is 1.95. The van der Waals surface area contributed by atoms with Crippen molar-refractivity contribution in [3.8, 4) is 28.4 Å². The number of aromatic nitrogens is 1. The van der Waals surface area contributed by atoms with Gasteiger partial charge in [0.1, 0.15) is 23.1 Å². The molecule has 164 valence electrons. The third kappa shape index (κ3) is 5.93. The third-order valence-electron chi connectivity index (χ3n) is 4.52. The molecule has 1 N–H and O–H groups in total. The van der Waals surface area contributed by atoms with E-state index in [1.807, 2.05) is 19.1 Å². The van der Waals surface area contributed by atoms with Crippen LogP contribution < -0.4 is 19.8 Å². The minimum absolute atomic E-state index is 0.215. The van der Waals surface area contributed by atoms with Crippen LogP contribution in [0.25, 0.3) is 11.1 Å². The van der Waals surface area contributed by atoms with Gasteiger partial charge >= 0.3 is 0 Å². The first-order chi connectivity index (χ1) is 14.9. The quantitative estimate of drug-likeness (QED) is 0.494. The molecule has 0 spiro atoms. The van der Waals surface area contributed by atoms with E-state index in [4.69, 9.17) is 9.47 Å². The van der Waals surface area contributed by atoms with E-state index in [2.05, 4.69) is 4.72 Å². The van der Waals surface area contributed by atoms with Gasteiger partial charge in [0.2, 0.25) is 10.9 Å². The first-order valence-electron chi connectivity index (χ1n) is 9.65. The van der Waals surface area contributed by atoms with Gasteiger partial charge < -0.3 is 14.0 Å². The molecule has 0 atom stereocenters. The maximum atomic E-state index is 13.3. The second-order valence-electron chi connectivity index (χ2n) is 6.74. The highest BCUT2D eigenvalue weighted by molar-refractivity contribution is 7.70. The normalized spacial score (nSPS) is 11.0. The second-order valence-corrected chi connectivity index (χ2v) is 7.57. The summed E-state index contributed by atoms with van der Waals surface area (Å²) in [6.07, 6.45) is 2.12. The maximum absolute atomic E-state index is 13.3. The van der Waals surface area contributed by atoms with Crippen LogP contribution >= 0.6 is 0 Å². The van der Waals surface area contributed by atoms with E-state index in [0.29, 0.717) is 41.4 Å². The first kappa shape index (κ1) is 22.5. The monoisotopic (exact) mass is 446 g/mol. The molecule has 1 heterocycles. The summed E-state index contributed by atoms with van der Waals surface area (Å²) in [4.78, 5) is 12.1. The molecule has 0 saturated heterocycles. The number of halogens is 1. The van der Waals surface area contributed by atoms with E-state index in [1.165, 1.54) is 34.9 Å². The van der Waals surface area contributed by atoms with Gasteiger partial charge in [0.15, 0.2) is 0 Å². The number of aryl methyl sites for hydroxylation is 1. The molecule has 0 bridgehead atoms. The van der Waals surface area contributed by atoms with Crippen LogP contribution in [-0.4, -0.2) is 26.1 Å². The fourth-order valence-corrected chi connectivity index (χ4v) is 3.34. The molecule has 0 aliphatic heterocycles. The average molecular weight is 447 g/mol. The standard InChI is InChI=1S/C22H23FN2O5S/c1-3-29-21-13-22(26)25(2)14-19(21)18-12-15(10-11-24-31(27)28)4-9-20(18)30-17-7-5-16(23)6-8-17/h4-9,12-14,31H,3,10-11H2,1-2H3,(H,24,27,28). The van der Waals surface area contributed by atoms with Crippen LogP contribution in [0.4, 0.5) is 4.39 Å². The van der Waals surface area contributed by atoms with Gasteiger partial charge in [-0.15, -0.1) is 0 Å². The number of hydrogen-bond acceptors (Lipinski definition) is 5. The highest BCUT2D eigenvalue weighted by atomic mass is 32.2. The van der Waals surface area contributed by atoms with Crippen molar-refractivity contribution in [3.63, 3.8) is 0 Å². The fraction of sp³-hybridized carbons (Fsp3) is 0.227. The molecule has 31 heavy (non-hydrogen) atoms. The van der Waals surface area contributed by atoms with Crippen molar-refractivity contribution in [2.75, 3.05) is 13.2 Å². The molecule has 2 aromatic carbocycles. The van der Waals surface area contributed by atoms with E-state index in [0.717, 1.165) is 5.56 Å². The van der Waals surface area contributed by atoms with E-state index < -0.39 is 10.9 Å². The van der Waals surface area contributed by atoms with Crippen LogP contribution in [0.5, 0.6) is 17.2 Å². The Bertz CT molecular complexity index is 1180. The van der Waals surface area contributed by atoms with E-state index >= 15 is 0 Å². The number of pyridine rings is 1. The Labute approximate surface area is 181 Å². The van der Waals surface area contributed by atoms with Gasteiger partial charge in [-0.05, 0) is 55.3 Å². The molecule has 3 aromatic rings. The predicted octanol–water partition coefficient (Wildman–Crippen LogP) is 3.04. The average Bonchev–Trinajstić information content (AvgIpc) is 2.73. The minimum atomic E-state index is -2.67. The zero-order valence-corrected chi connectivity index (χ0v) is 18.0. The summed E-state index contributed by atoms with van der Waals surface area (Å²) in [5.74, 6) is 0.970. The number of nitrogens with one attached hydrogen (secondary N) is 1. The molecule has 0 fully saturated rings. The van der Waals surface area contributed by atoms with Crippen molar-refractivity contribution in [2.45, 2.75) is 13.3 Å². The van der Waals surface area contributed by atoms with Crippen LogP contribution in [0.2, 0.25) is 0 Å². The van der Waals surface area contributed by atoms with Crippen molar-refractivity contribution in [1.29, 1.82) is 0 Å². The van der Waals surface area contributed by atoms with Gasteiger partial charge in [0, 0.05) is 37.0 Å². The van der Waals surface area contributed by atoms with Crippen molar-refractivity contribution in [1.82, 2.24) is 9.29 Å². The molecule has 0 unspecified atom stereocenters. The van der Waals surface area contributed by atoms with Gasteiger partial charge in [0.05, 0.1) is 6.61 Å². The van der Waals surface area contributed by atoms with E-state index in [-0.39, 0.29) is 17.9 Å². The smallest absolute Gasteiger partial charge is 0.254 e. The molecule has 3 rings (SSSR count). The van der Waals surface area contributed by atoms with Crippen LogP contribution in [0.1, 0.15) is 12.5 Å². The van der Waals surface area contributed by atoms with Crippen LogP contribution in [0.3, 0.4) is 0 Å². The molecule has 9 heteroatoms. The summed E-state index contributed by atoms with van der Waals surface area (Å²) < 4.78 is 50.3. The molecule has 7 nitrogen and oxygen atoms in total. The van der Waals surface area contributed by atoms with Gasteiger partial charge in [-0.2, -0.15) is 0 Å². The molecule has 0 amide bonds. The SMILES string of the molecule is CCOc1cc(=O)n(C)cc1-c1cc(CCN[SH](=O)=O)ccc1Oc1ccc(F)cc1. The van der Waals surface area contributed by atoms with Gasteiger partial charge in [0.25, 0.3) is 5.56 Å². The Kier molecular flexibility index (Phi) is 7.43. The molecular weight excluding hydrogens is 423 g/mol. The lowest BCUT2D eigenvalue weighted by Gasteiger charge is -2.17. The Hall–Kier alpha value is -3.17. The lowest BCUT2D eigenvalue weighted by Crippen LogP contribution is -2.16. The largest absolute Gasteiger partial charge is 0.493 e. The fourth-order valence-electron chi connectivity index (χ4n) is 3.04. The summed E-state index contributed by atoms with van der Waals surface area (Å²) in [6, 6.07) is 12.5. The third-order valence-corrected chi connectivity index (χ3v) is 5.00. The minimum Gasteiger partial charge on any atom is -0.493 e. The zero-order valence-electron chi connectivity index (χ0n) is 17.1. The Morgan fingerprint density at radius 3 is 2.45 bits per heavy atom. The topological polar surface area (TPSA) is 86.6 Å². The molecule has 0 radical (unpaired) electrons. The number of rotatable bonds is 9. The number of thiol groups is 1. The number of ether oxygens (including phenoxy) is 2. The highest BCUT2D eigenvalue weighted by Crippen LogP contribution is 2.38.